The summed E-state index contributed by atoms with van der Waals surface area (Å²) in [4.78, 5) is 22.4. The normalized spacial score (nSPS) is 14.9. The van der Waals surface area contributed by atoms with E-state index in [1.54, 1.807) is 0 Å². The van der Waals surface area contributed by atoms with Gasteiger partial charge >= 0.3 is 0 Å². The second kappa shape index (κ2) is 8.48. The molecule has 1 saturated heterocycles. The summed E-state index contributed by atoms with van der Waals surface area (Å²) in [5.74, 6) is 0.302. The number of fused-ring (bicyclic) bond motifs is 1. The number of nitrogens with one attached hydrogen (secondary N) is 2. The minimum atomic E-state index is -0.0250. The van der Waals surface area contributed by atoms with Gasteiger partial charge in [0.1, 0.15) is 0 Å². The molecule has 2 heterocycles. The Balaban J connectivity index is 1.31. The van der Waals surface area contributed by atoms with E-state index >= 15 is 0 Å². The fraction of sp³-hybridized carbons (Fsp3) is 0.333. The molecule has 0 atom stereocenters. The summed E-state index contributed by atoms with van der Waals surface area (Å²) in [5, 5.41) is 3.74. The molecule has 0 spiro atoms. The Bertz CT molecular complexity index is 865. The lowest BCUT2D eigenvalue weighted by molar-refractivity contribution is -0.113. The summed E-state index contributed by atoms with van der Waals surface area (Å²) in [6.07, 6.45) is 5.18. The lowest BCUT2D eigenvalue weighted by Crippen LogP contribution is -2.23. The molecule has 6 heteroatoms. The van der Waals surface area contributed by atoms with Crippen molar-refractivity contribution in [2.45, 2.75) is 30.8 Å². The predicted octanol–water partition coefficient (Wildman–Crippen LogP) is 4.67. The van der Waals surface area contributed by atoms with Crippen molar-refractivity contribution in [1.29, 1.82) is 0 Å². The molecule has 1 fully saturated rings. The molecule has 3 aromatic rings. The van der Waals surface area contributed by atoms with Gasteiger partial charge in [-0.15, -0.1) is 0 Å². The third-order valence-electron chi connectivity index (χ3n) is 4.83. The minimum absolute atomic E-state index is 0.0250. The van der Waals surface area contributed by atoms with E-state index < -0.39 is 0 Å². The van der Waals surface area contributed by atoms with Gasteiger partial charge in [-0.1, -0.05) is 36.7 Å². The van der Waals surface area contributed by atoms with Crippen molar-refractivity contribution < 1.29 is 4.79 Å². The smallest absolute Gasteiger partial charge is 0.234 e. The van der Waals surface area contributed by atoms with Crippen LogP contribution < -0.4 is 10.2 Å². The Hall–Kier alpha value is -2.47. The van der Waals surface area contributed by atoms with Crippen molar-refractivity contribution >= 4 is 40.1 Å². The number of hydrogen-bond donors (Lipinski definition) is 2. The molecule has 1 amide bonds. The molecule has 2 N–H and O–H groups in total. The summed E-state index contributed by atoms with van der Waals surface area (Å²) < 4.78 is 0. The molecule has 27 heavy (non-hydrogen) atoms. The summed E-state index contributed by atoms with van der Waals surface area (Å²) in [7, 11) is 0. The first-order valence-electron chi connectivity index (χ1n) is 9.50. The van der Waals surface area contributed by atoms with Crippen molar-refractivity contribution in [2.75, 3.05) is 29.1 Å². The number of thioether (sulfide) groups is 1. The summed E-state index contributed by atoms with van der Waals surface area (Å²) in [5.41, 5.74) is 3.99. The summed E-state index contributed by atoms with van der Waals surface area (Å²) in [6, 6.07) is 16.1. The van der Waals surface area contributed by atoms with Crippen LogP contribution in [-0.4, -0.2) is 34.7 Å². The summed E-state index contributed by atoms with van der Waals surface area (Å²) in [6.45, 7) is 2.25. The Morgan fingerprint density at radius 1 is 1.04 bits per heavy atom. The molecule has 5 nitrogen and oxygen atoms in total. The molecule has 0 bridgehead atoms. The standard InChI is InChI=1S/C21H24N4OS/c26-20(15-27-21-23-18-7-3-4-8-19(18)24-21)22-16-9-11-17(12-10-16)25-13-5-1-2-6-14-25/h3-4,7-12H,1-2,5-6,13-15H2,(H,22,26)(H,23,24). The number of amides is 1. The first-order valence-corrected chi connectivity index (χ1v) is 10.5. The van der Waals surface area contributed by atoms with Crippen LogP contribution in [0.15, 0.2) is 53.7 Å². The lowest BCUT2D eigenvalue weighted by Gasteiger charge is -2.22. The number of para-hydroxylation sites is 2. The van der Waals surface area contributed by atoms with E-state index in [-0.39, 0.29) is 5.91 Å². The largest absolute Gasteiger partial charge is 0.372 e. The van der Waals surface area contributed by atoms with E-state index in [0.717, 1.165) is 35.0 Å². The fourth-order valence-corrected chi connectivity index (χ4v) is 4.10. The van der Waals surface area contributed by atoms with Gasteiger partial charge in [0, 0.05) is 24.5 Å². The number of imidazole rings is 1. The monoisotopic (exact) mass is 380 g/mol. The average molecular weight is 381 g/mol. The highest BCUT2D eigenvalue weighted by Gasteiger charge is 2.11. The Labute approximate surface area is 163 Å². The fourth-order valence-electron chi connectivity index (χ4n) is 3.41. The number of carbonyl (C=O) groups is 1. The molecule has 4 rings (SSSR count). The number of carbonyl (C=O) groups excluding carboxylic acids is 1. The van der Waals surface area contributed by atoms with Gasteiger partial charge in [0.2, 0.25) is 5.91 Å². The van der Waals surface area contributed by atoms with Crippen LogP contribution in [0, 0.1) is 0 Å². The molecule has 0 saturated carbocycles. The lowest BCUT2D eigenvalue weighted by atomic mass is 10.2. The maximum Gasteiger partial charge on any atom is 0.234 e. The van der Waals surface area contributed by atoms with E-state index in [1.165, 1.54) is 43.1 Å². The topological polar surface area (TPSA) is 61.0 Å². The maximum atomic E-state index is 12.2. The highest BCUT2D eigenvalue weighted by Crippen LogP contribution is 2.22. The van der Waals surface area contributed by atoms with Crippen LogP contribution >= 0.6 is 11.8 Å². The molecule has 0 unspecified atom stereocenters. The third kappa shape index (κ3) is 4.63. The Kier molecular flexibility index (Phi) is 5.63. The zero-order valence-corrected chi connectivity index (χ0v) is 16.1. The second-order valence-corrected chi connectivity index (χ2v) is 7.81. The van der Waals surface area contributed by atoms with Gasteiger partial charge in [-0.3, -0.25) is 4.79 Å². The van der Waals surface area contributed by atoms with Crippen LogP contribution in [0.4, 0.5) is 11.4 Å². The molecule has 1 aromatic heterocycles. The highest BCUT2D eigenvalue weighted by molar-refractivity contribution is 7.99. The van der Waals surface area contributed by atoms with E-state index in [2.05, 4.69) is 32.3 Å². The number of hydrogen-bond acceptors (Lipinski definition) is 4. The van der Waals surface area contributed by atoms with Crippen molar-refractivity contribution in [3.05, 3.63) is 48.5 Å². The van der Waals surface area contributed by atoms with E-state index in [0.29, 0.717) is 5.75 Å². The number of benzene rings is 2. The zero-order valence-electron chi connectivity index (χ0n) is 15.3. The van der Waals surface area contributed by atoms with Gasteiger partial charge in [0.25, 0.3) is 0 Å². The van der Waals surface area contributed by atoms with Gasteiger partial charge in [0.15, 0.2) is 5.16 Å². The molecule has 140 valence electrons. The highest BCUT2D eigenvalue weighted by atomic mass is 32.2. The van der Waals surface area contributed by atoms with Crippen molar-refractivity contribution in [3.63, 3.8) is 0 Å². The third-order valence-corrected chi connectivity index (χ3v) is 5.70. The number of aromatic amines is 1. The van der Waals surface area contributed by atoms with Gasteiger partial charge in [-0.2, -0.15) is 0 Å². The van der Waals surface area contributed by atoms with E-state index in [1.807, 2.05) is 36.4 Å². The molecule has 0 aliphatic carbocycles. The van der Waals surface area contributed by atoms with Crippen LogP contribution in [0.25, 0.3) is 11.0 Å². The molecular weight excluding hydrogens is 356 g/mol. The van der Waals surface area contributed by atoms with Crippen LogP contribution in [0.1, 0.15) is 25.7 Å². The molecule has 1 aliphatic heterocycles. The van der Waals surface area contributed by atoms with Crippen LogP contribution in [0.3, 0.4) is 0 Å². The molecule has 1 aliphatic rings. The van der Waals surface area contributed by atoms with Crippen LogP contribution in [-0.2, 0) is 4.79 Å². The van der Waals surface area contributed by atoms with Crippen molar-refractivity contribution in [2.24, 2.45) is 0 Å². The van der Waals surface area contributed by atoms with Crippen molar-refractivity contribution in [3.8, 4) is 0 Å². The average Bonchev–Trinajstić information content (AvgIpc) is 2.91. The molecular formula is C21H24N4OS. The van der Waals surface area contributed by atoms with Gasteiger partial charge in [-0.25, -0.2) is 4.98 Å². The number of H-pyrrole nitrogens is 1. The predicted molar refractivity (Wildman–Crippen MR) is 113 cm³/mol. The minimum Gasteiger partial charge on any atom is -0.372 e. The molecule has 2 aromatic carbocycles. The Morgan fingerprint density at radius 2 is 1.78 bits per heavy atom. The number of aromatic nitrogens is 2. The van der Waals surface area contributed by atoms with Gasteiger partial charge in [0.05, 0.1) is 16.8 Å². The summed E-state index contributed by atoms with van der Waals surface area (Å²) >= 11 is 1.41. The van der Waals surface area contributed by atoms with Gasteiger partial charge in [-0.05, 0) is 49.2 Å². The zero-order chi connectivity index (χ0) is 18.5. The molecule has 0 radical (unpaired) electrons. The van der Waals surface area contributed by atoms with E-state index in [9.17, 15) is 4.79 Å². The van der Waals surface area contributed by atoms with Crippen LogP contribution in [0.2, 0.25) is 0 Å². The van der Waals surface area contributed by atoms with Gasteiger partial charge < -0.3 is 15.2 Å². The maximum absolute atomic E-state index is 12.2. The SMILES string of the molecule is O=C(CSc1nc2ccccc2[nH]1)Nc1ccc(N2CCCCCC2)cc1. The first-order chi connectivity index (χ1) is 13.3. The number of anilines is 2. The van der Waals surface area contributed by atoms with Crippen molar-refractivity contribution in [1.82, 2.24) is 9.97 Å². The van der Waals surface area contributed by atoms with Crippen LogP contribution in [0.5, 0.6) is 0 Å². The van der Waals surface area contributed by atoms with E-state index in [4.69, 9.17) is 0 Å². The number of nitrogens with zero attached hydrogens (tertiary/aromatic N) is 2. The quantitative estimate of drug-likeness (QED) is 0.631. The number of rotatable bonds is 5. The Morgan fingerprint density at radius 3 is 2.52 bits per heavy atom. The second-order valence-electron chi connectivity index (χ2n) is 6.84. The first kappa shape index (κ1) is 17.9.